The maximum Gasteiger partial charge on any atom is 0.392 e. The predicted octanol–water partition coefficient (Wildman–Crippen LogP) is 3.69. The maximum atomic E-state index is 13.1. The van der Waals surface area contributed by atoms with Crippen LogP contribution in [0.5, 0.6) is 0 Å². The summed E-state index contributed by atoms with van der Waals surface area (Å²) >= 11 is 9.48. The zero-order valence-corrected chi connectivity index (χ0v) is 15.8. The quantitative estimate of drug-likeness (QED) is 0.694. The zero-order valence-electron chi connectivity index (χ0n) is 14.1. The van der Waals surface area contributed by atoms with Crippen molar-refractivity contribution in [3.8, 4) is 5.69 Å². The molecule has 0 saturated heterocycles. The molecule has 2 heterocycles. The number of hydrogen-bond donors (Lipinski definition) is 1. The first kappa shape index (κ1) is 21.2. The number of nitrogens with zero attached hydrogens (tertiary/aromatic N) is 4. The summed E-state index contributed by atoms with van der Waals surface area (Å²) < 4.78 is 40.7. The van der Waals surface area contributed by atoms with Gasteiger partial charge in [-0.2, -0.15) is 18.3 Å². The van der Waals surface area contributed by atoms with Crippen LogP contribution in [0.4, 0.5) is 18.9 Å². The smallest absolute Gasteiger partial charge is 0.308 e. The van der Waals surface area contributed by atoms with Crippen LogP contribution in [0.1, 0.15) is 19.8 Å². The molecule has 6 nitrogen and oxygen atoms in total. The summed E-state index contributed by atoms with van der Waals surface area (Å²) in [5, 5.41) is 3.09. The summed E-state index contributed by atoms with van der Waals surface area (Å²) in [5.41, 5.74) is 0.745. The number of amides is 1. The van der Waals surface area contributed by atoms with Gasteiger partial charge in [0.15, 0.2) is 10.3 Å². The topological polar surface area (TPSA) is 68.1 Å². The van der Waals surface area contributed by atoms with Crippen LogP contribution in [0.15, 0.2) is 30.7 Å². The van der Waals surface area contributed by atoms with Crippen LogP contribution < -0.4 is 4.90 Å². The molecule has 2 aromatic heterocycles. The molecule has 0 radical (unpaired) electrons. The molecule has 0 unspecified atom stereocenters. The Balaban J connectivity index is 2.26. The van der Waals surface area contributed by atoms with Gasteiger partial charge in [-0.25, -0.2) is 4.68 Å². The molecular weight excluding hydrogens is 405 g/mol. The molecule has 0 bridgehead atoms. The van der Waals surface area contributed by atoms with Crippen LogP contribution in [0.3, 0.4) is 0 Å². The standard InChI is InChI=1S/C16H16ClF3N4O2S/c1-2-23(13(25)6-10(7-14(26)27)16(18,19)20)12-9-24(22-15(12)17)11-4-3-5-21-8-11/h3-5,8-10H,2,6-7H2,1H3,(H,26,27)/t10-/m0/s1. The third-order valence-corrected chi connectivity index (χ3v) is 4.23. The van der Waals surface area contributed by atoms with Gasteiger partial charge in [0.25, 0.3) is 0 Å². The molecule has 0 aliphatic carbocycles. The summed E-state index contributed by atoms with van der Waals surface area (Å²) in [6.07, 6.45) is -1.94. The number of hydrogen-bond acceptors (Lipinski definition) is 4. The first-order chi connectivity index (χ1) is 12.6. The van der Waals surface area contributed by atoms with Crippen molar-refractivity contribution < 1.29 is 22.8 Å². The Morgan fingerprint density at radius 3 is 2.59 bits per heavy atom. The summed E-state index contributed by atoms with van der Waals surface area (Å²) in [6.45, 7) is 1.68. The normalized spacial score (nSPS) is 12.7. The van der Waals surface area contributed by atoms with Crippen LogP contribution >= 0.6 is 24.2 Å². The van der Waals surface area contributed by atoms with Gasteiger partial charge in [-0.3, -0.25) is 14.6 Å². The second-order valence-electron chi connectivity index (χ2n) is 5.64. The highest BCUT2D eigenvalue weighted by molar-refractivity contribution is 7.96. The lowest BCUT2D eigenvalue weighted by Gasteiger charge is -2.24. The number of carbonyl (C=O) groups excluding carboxylic acids is 2. The monoisotopic (exact) mass is 420 g/mol. The van der Waals surface area contributed by atoms with E-state index in [1.54, 1.807) is 25.3 Å². The lowest BCUT2D eigenvalue weighted by Crippen LogP contribution is -2.36. The largest absolute Gasteiger partial charge is 0.392 e. The summed E-state index contributed by atoms with van der Waals surface area (Å²) in [5.74, 6) is -2.93. The number of halogens is 4. The summed E-state index contributed by atoms with van der Waals surface area (Å²) in [7, 11) is 0. The number of thiol groups is 1. The van der Waals surface area contributed by atoms with Gasteiger partial charge in [0.05, 0.1) is 24.0 Å². The van der Waals surface area contributed by atoms with Gasteiger partial charge in [-0.15, -0.1) is 12.6 Å². The van der Waals surface area contributed by atoms with E-state index in [9.17, 15) is 22.8 Å². The number of alkyl halides is 3. The minimum Gasteiger partial charge on any atom is -0.308 e. The summed E-state index contributed by atoms with van der Waals surface area (Å²) in [4.78, 5) is 28.5. The van der Waals surface area contributed by atoms with E-state index < -0.39 is 36.0 Å². The molecule has 0 aliphatic rings. The van der Waals surface area contributed by atoms with Gasteiger partial charge in [-0.1, -0.05) is 11.6 Å². The van der Waals surface area contributed by atoms with Crippen molar-refractivity contribution in [2.24, 2.45) is 5.92 Å². The number of anilines is 1. The van der Waals surface area contributed by atoms with Crippen molar-refractivity contribution in [3.63, 3.8) is 0 Å². The average Bonchev–Trinajstić information content (AvgIpc) is 2.96. The van der Waals surface area contributed by atoms with E-state index in [0.717, 1.165) is 4.90 Å². The summed E-state index contributed by atoms with van der Waals surface area (Å²) in [6, 6.07) is 3.38. The number of rotatable bonds is 7. The van der Waals surface area contributed by atoms with Gasteiger partial charge in [0.2, 0.25) is 5.91 Å². The van der Waals surface area contributed by atoms with Crippen LogP contribution in [-0.4, -0.2) is 38.5 Å². The van der Waals surface area contributed by atoms with Gasteiger partial charge in [0.1, 0.15) is 5.69 Å². The highest BCUT2D eigenvalue weighted by atomic mass is 35.5. The molecule has 0 fully saturated rings. The van der Waals surface area contributed by atoms with Crippen LogP contribution in [-0.2, 0) is 9.59 Å². The number of aromatic nitrogens is 3. The Hall–Kier alpha value is -2.07. The molecule has 0 aliphatic heterocycles. The van der Waals surface area contributed by atoms with Crippen molar-refractivity contribution in [2.75, 3.05) is 11.4 Å². The van der Waals surface area contributed by atoms with E-state index >= 15 is 0 Å². The Bertz CT molecular complexity index is 814. The highest BCUT2D eigenvalue weighted by Gasteiger charge is 2.42. The molecule has 1 amide bonds. The van der Waals surface area contributed by atoms with Crippen molar-refractivity contribution in [1.82, 2.24) is 14.8 Å². The number of carbonyl (C=O) groups is 2. The van der Waals surface area contributed by atoms with Gasteiger partial charge < -0.3 is 4.90 Å². The Morgan fingerprint density at radius 1 is 1.37 bits per heavy atom. The molecule has 0 N–H and O–H groups in total. The molecule has 27 heavy (non-hydrogen) atoms. The molecule has 2 aromatic rings. The first-order valence-corrected chi connectivity index (χ1v) is 8.70. The molecule has 2 rings (SSSR count). The first-order valence-electron chi connectivity index (χ1n) is 7.88. The van der Waals surface area contributed by atoms with E-state index in [-0.39, 0.29) is 17.4 Å². The SMILES string of the molecule is CCN(C(=O)C[C@@H](CC(=O)S)C(F)(F)F)c1cn(-c2cccnc2)nc1Cl. The van der Waals surface area contributed by atoms with Crippen LogP contribution in [0.2, 0.25) is 5.15 Å². The molecular formula is C16H16ClF3N4O2S. The maximum absolute atomic E-state index is 13.1. The minimum absolute atomic E-state index is 0.0390. The van der Waals surface area contributed by atoms with Crippen molar-refractivity contribution in [2.45, 2.75) is 25.9 Å². The van der Waals surface area contributed by atoms with Crippen molar-refractivity contribution in [1.29, 1.82) is 0 Å². The fourth-order valence-corrected chi connectivity index (χ4v) is 2.92. The number of pyridine rings is 1. The zero-order chi connectivity index (χ0) is 20.2. The Morgan fingerprint density at radius 2 is 2.07 bits per heavy atom. The molecule has 0 saturated carbocycles. The third-order valence-electron chi connectivity index (χ3n) is 3.77. The molecule has 1 atom stereocenters. The van der Waals surface area contributed by atoms with Gasteiger partial charge in [0, 0.05) is 25.6 Å². The van der Waals surface area contributed by atoms with Crippen LogP contribution in [0, 0.1) is 5.92 Å². The lowest BCUT2D eigenvalue weighted by atomic mass is 10.0. The van der Waals surface area contributed by atoms with E-state index in [0.29, 0.717) is 5.69 Å². The second-order valence-corrected chi connectivity index (χ2v) is 6.50. The highest BCUT2D eigenvalue weighted by Crippen LogP contribution is 2.34. The lowest BCUT2D eigenvalue weighted by molar-refractivity contribution is -0.180. The fourth-order valence-electron chi connectivity index (χ4n) is 2.46. The van der Waals surface area contributed by atoms with E-state index in [1.807, 2.05) is 0 Å². The van der Waals surface area contributed by atoms with Crippen LogP contribution in [0.25, 0.3) is 5.69 Å². The van der Waals surface area contributed by atoms with Crippen molar-refractivity contribution >= 4 is 40.9 Å². The fraction of sp³-hybridized carbons (Fsp3) is 0.375. The van der Waals surface area contributed by atoms with E-state index in [1.165, 1.54) is 17.1 Å². The predicted molar refractivity (Wildman–Crippen MR) is 97.2 cm³/mol. The van der Waals surface area contributed by atoms with Gasteiger partial charge in [-0.05, 0) is 19.1 Å². The van der Waals surface area contributed by atoms with Crippen molar-refractivity contribution in [3.05, 3.63) is 35.9 Å². The second kappa shape index (κ2) is 8.75. The Labute approximate surface area is 163 Å². The van der Waals surface area contributed by atoms with Gasteiger partial charge >= 0.3 is 6.18 Å². The molecule has 0 spiro atoms. The molecule has 146 valence electrons. The van der Waals surface area contributed by atoms with E-state index in [4.69, 9.17) is 11.6 Å². The average molecular weight is 421 g/mol. The molecule has 0 aromatic carbocycles. The van der Waals surface area contributed by atoms with E-state index in [2.05, 4.69) is 22.7 Å². The third kappa shape index (κ3) is 5.46. The molecule has 11 heteroatoms. The Kier molecular flexibility index (Phi) is 6.88. The minimum atomic E-state index is -4.70.